The summed E-state index contributed by atoms with van der Waals surface area (Å²) in [6, 6.07) is 16.5. The average Bonchev–Trinajstić information content (AvgIpc) is 3.55. The molecule has 0 unspecified atom stereocenters. The number of carbonyl (C=O) groups is 1. The SMILES string of the molecule is Cc1cccc(N2CCC[C@@H]2c2csc(NC(=O)c3cccn3Cc3ccncc3)n2)c1. The topological polar surface area (TPSA) is 63.1 Å². The number of hydrogen-bond donors (Lipinski definition) is 1. The number of nitrogens with one attached hydrogen (secondary N) is 1. The molecule has 1 saturated heterocycles. The molecule has 32 heavy (non-hydrogen) atoms. The zero-order valence-electron chi connectivity index (χ0n) is 17.9. The smallest absolute Gasteiger partial charge is 0.274 e. The lowest BCUT2D eigenvalue weighted by Gasteiger charge is -2.26. The van der Waals surface area contributed by atoms with E-state index >= 15 is 0 Å². The van der Waals surface area contributed by atoms with Gasteiger partial charge in [-0.05, 0) is 67.3 Å². The lowest BCUT2D eigenvalue weighted by Crippen LogP contribution is -2.23. The van der Waals surface area contributed by atoms with Gasteiger partial charge in [-0.2, -0.15) is 0 Å². The molecular weight excluding hydrogens is 418 g/mol. The van der Waals surface area contributed by atoms with Crippen molar-refractivity contribution in [2.75, 3.05) is 16.8 Å². The molecule has 1 fully saturated rings. The van der Waals surface area contributed by atoms with E-state index in [4.69, 9.17) is 4.98 Å². The Morgan fingerprint density at radius 1 is 1.19 bits per heavy atom. The Morgan fingerprint density at radius 2 is 2.06 bits per heavy atom. The fraction of sp³-hybridized carbons (Fsp3) is 0.240. The van der Waals surface area contributed by atoms with Gasteiger partial charge >= 0.3 is 0 Å². The molecule has 4 aromatic rings. The van der Waals surface area contributed by atoms with Crippen LogP contribution in [0.3, 0.4) is 0 Å². The standard InChI is InChI=1S/C25H25N5OS/c1-18-5-2-6-20(15-18)30-14-4-7-22(30)21-17-32-25(27-21)28-24(31)23-8-3-13-29(23)16-19-9-11-26-12-10-19/h2-3,5-6,8-13,15,17,22H,4,7,14,16H2,1H3,(H,27,28,31)/t22-/m1/s1. The van der Waals surface area contributed by atoms with E-state index in [0.29, 0.717) is 17.4 Å². The summed E-state index contributed by atoms with van der Waals surface area (Å²) in [7, 11) is 0. The number of nitrogens with zero attached hydrogens (tertiary/aromatic N) is 4. The van der Waals surface area contributed by atoms with Crippen LogP contribution in [0, 0.1) is 6.92 Å². The Balaban J connectivity index is 1.30. The van der Waals surface area contributed by atoms with Gasteiger partial charge in [-0.15, -0.1) is 11.3 Å². The van der Waals surface area contributed by atoms with E-state index in [2.05, 4.69) is 51.8 Å². The van der Waals surface area contributed by atoms with Crippen LogP contribution in [0.25, 0.3) is 0 Å². The molecule has 0 radical (unpaired) electrons. The fourth-order valence-corrected chi connectivity index (χ4v) is 5.04. The van der Waals surface area contributed by atoms with Gasteiger partial charge in [-0.3, -0.25) is 15.1 Å². The van der Waals surface area contributed by atoms with Gasteiger partial charge in [0.25, 0.3) is 5.91 Å². The van der Waals surface area contributed by atoms with E-state index in [1.807, 2.05) is 35.0 Å². The molecule has 1 aliphatic heterocycles. The predicted molar refractivity (Wildman–Crippen MR) is 128 cm³/mol. The second kappa shape index (κ2) is 8.96. The molecule has 1 amide bonds. The van der Waals surface area contributed by atoms with Gasteiger partial charge in [0.1, 0.15) is 5.69 Å². The van der Waals surface area contributed by atoms with Crippen molar-refractivity contribution in [3.8, 4) is 0 Å². The average molecular weight is 444 g/mol. The second-order valence-corrected chi connectivity index (χ2v) is 8.96. The van der Waals surface area contributed by atoms with Crippen molar-refractivity contribution in [3.05, 3.63) is 95.0 Å². The number of amides is 1. The summed E-state index contributed by atoms with van der Waals surface area (Å²) in [5.74, 6) is -0.146. The quantitative estimate of drug-likeness (QED) is 0.440. The first-order valence-electron chi connectivity index (χ1n) is 10.8. The molecule has 162 valence electrons. The lowest BCUT2D eigenvalue weighted by atomic mass is 10.1. The first-order chi connectivity index (χ1) is 15.7. The third-order valence-corrected chi connectivity index (χ3v) is 6.61. The van der Waals surface area contributed by atoms with Gasteiger partial charge in [0.15, 0.2) is 5.13 Å². The fourth-order valence-electron chi connectivity index (χ4n) is 4.29. The minimum absolute atomic E-state index is 0.146. The Bertz CT molecular complexity index is 1220. The Labute approximate surface area is 191 Å². The molecule has 0 spiro atoms. The number of pyridine rings is 1. The van der Waals surface area contributed by atoms with Crippen LogP contribution in [0.4, 0.5) is 10.8 Å². The third kappa shape index (κ3) is 4.29. The zero-order valence-corrected chi connectivity index (χ0v) is 18.8. The van der Waals surface area contributed by atoms with Gasteiger partial charge in [0.05, 0.1) is 11.7 Å². The van der Waals surface area contributed by atoms with Gasteiger partial charge in [-0.1, -0.05) is 12.1 Å². The molecule has 5 rings (SSSR count). The number of thiazole rings is 1. The number of hydrogen-bond acceptors (Lipinski definition) is 5. The molecule has 0 bridgehead atoms. The van der Waals surface area contributed by atoms with Crippen LogP contribution in [0.2, 0.25) is 0 Å². The highest BCUT2D eigenvalue weighted by molar-refractivity contribution is 7.14. The van der Waals surface area contributed by atoms with Crippen LogP contribution in [-0.2, 0) is 6.54 Å². The summed E-state index contributed by atoms with van der Waals surface area (Å²) < 4.78 is 1.94. The molecule has 1 N–H and O–H groups in total. The molecule has 0 aliphatic carbocycles. The third-order valence-electron chi connectivity index (χ3n) is 5.83. The van der Waals surface area contributed by atoms with E-state index in [1.165, 1.54) is 22.6 Å². The van der Waals surface area contributed by atoms with Crippen LogP contribution in [0.1, 0.15) is 46.2 Å². The van der Waals surface area contributed by atoms with E-state index < -0.39 is 0 Å². The maximum Gasteiger partial charge on any atom is 0.274 e. The molecule has 1 atom stereocenters. The minimum Gasteiger partial charge on any atom is -0.363 e. The minimum atomic E-state index is -0.146. The molecule has 1 aliphatic rings. The van der Waals surface area contributed by atoms with Crippen molar-refractivity contribution in [1.82, 2.24) is 14.5 Å². The van der Waals surface area contributed by atoms with Gasteiger partial charge < -0.3 is 9.47 Å². The normalized spacial score (nSPS) is 15.8. The first-order valence-corrected chi connectivity index (χ1v) is 11.7. The van der Waals surface area contributed by atoms with Crippen molar-refractivity contribution >= 4 is 28.1 Å². The number of rotatable bonds is 6. The Morgan fingerprint density at radius 3 is 2.91 bits per heavy atom. The number of carbonyl (C=O) groups excluding carboxylic acids is 1. The van der Waals surface area contributed by atoms with Crippen LogP contribution >= 0.6 is 11.3 Å². The van der Waals surface area contributed by atoms with Crippen molar-refractivity contribution < 1.29 is 4.79 Å². The van der Waals surface area contributed by atoms with Crippen LogP contribution in [0.5, 0.6) is 0 Å². The molecule has 7 heteroatoms. The highest BCUT2D eigenvalue weighted by Crippen LogP contribution is 2.37. The van der Waals surface area contributed by atoms with Crippen molar-refractivity contribution in [2.45, 2.75) is 32.4 Å². The molecule has 3 aromatic heterocycles. The molecule has 1 aromatic carbocycles. The molecule has 0 saturated carbocycles. The van der Waals surface area contributed by atoms with E-state index in [0.717, 1.165) is 30.6 Å². The van der Waals surface area contributed by atoms with Gasteiger partial charge in [0, 0.05) is 42.7 Å². The predicted octanol–water partition coefficient (Wildman–Crippen LogP) is 5.29. The first kappa shape index (κ1) is 20.5. The number of benzene rings is 1. The summed E-state index contributed by atoms with van der Waals surface area (Å²) >= 11 is 1.48. The van der Waals surface area contributed by atoms with E-state index in [9.17, 15) is 4.79 Å². The van der Waals surface area contributed by atoms with E-state index in [1.54, 1.807) is 12.4 Å². The largest absolute Gasteiger partial charge is 0.363 e. The number of aryl methyl sites for hydroxylation is 1. The van der Waals surface area contributed by atoms with Crippen molar-refractivity contribution in [2.24, 2.45) is 0 Å². The number of anilines is 2. The lowest BCUT2D eigenvalue weighted by molar-refractivity contribution is 0.101. The van der Waals surface area contributed by atoms with Gasteiger partial charge in [0.2, 0.25) is 0 Å². The van der Waals surface area contributed by atoms with E-state index in [-0.39, 0.29) is 11.9 Å². The van der Waals surface area contributed by atoms with Crippen LogP contribution < -0.4 is 10.2 Å². The zero-order chi connectivity index (χ0) is 21.9. The highest BCUT2D eigenvalue weighted by atomic mass is 32.1. The summed E-state index contributed by atoms with van der Waals surface area (Å²) in [6.45, 7) is 3.76. The molecule has 6 nitrogen and oxygen atoms in total. The van der Waals surface area contributed by atoms with Crippen LogP contribution in [-0.4, -0.2) is 27.0 Å². The summed E-state index contributed by atoms with van der Waals surface area (Å²) in [5, 5.41) is 5.71. The van der Waals surface area contributed by atoms with Crippen LogP contribution in [0.15, 0.2) is 72.5 Å². The van der Waals surface area contributed by atoms with Crippen molar-refractivity contribution in [3.63, 3.8) is 0 Å². The van der Waals surface area contributed by atoms with Gasteiger partial charge in [-0.25, -0.2) is 4.98 Å². The summed E-state index contributed by atoms with van der Waals surface area (Å²) in [4.78, 5) is 24.2. The van der Waals surface area contributed by atoms with Crippen molar-refractivity contribution in [1.29, 1.82) is 0 Å². The summed E-state index contributed by atoms with van der Waals surface area (Å²) in [6.07, 6.45) is 7.65. The Hall–Kier alpha value is -3.45. The highest BCUT2D eigenvalue weighted by Gasteiger charge is 2.28. The number of aromatic nitrogens is 3. The Kier molecular flexibility index (Phi) is 5.73. The maximum atomic E-state index is 13.0. The molecular formula is C25H25N5OS. The monoisotopic (exact) mass is 443 g/mol. The second-order valence-electron chi connectivity index (χ2n) is 8.10. The molecule has 4 heterocycles. The summed E-state index contributed by atoms with van der Waals surface area (Å²) in [5.41, 5.74) is 5.23. The maximum absolute atomic E-state index is 13.0.